The lowest BCUT2D eigenvalue weighted by Crippen LogP contribution is -2.35. The number of anilines is 1. The summed E-state index contributed by atoms with van der Waals surface area (Å²) in [7, 11) is 0. The van der Waals surface area contributed by atoms with E-state index in [2.05, 4.69) is 5.32 Å². The largest absolute Gasteiger partial charge is 0.481 e. The molecule has 1 aliphatic rings. The van der Waals surface area contributed by atoms with E-state index in [4.69, 9.17) is 23.2 Å². The van der Waals surface area contributed by atoms with Crippen molar-refractivity contribution >= 4 is 40.5 Å². The summed E-state index contributed by atoms with van der Waals surface area (Å²) in [6.07, 6.45) is 2.93. The van der Waals surface area contributed by atoms with Crippen molar-refractivity contribution in [3.63, 3.8) is 0 Å². The molecule has 0 saturated heterocycles. The van der Waals surface area contributed by atoms with Crippen LogP contribution in [0, 0.1) is 15.5 Å². The number of carboxylic acids is 1. The summed E-state index contributed by atoms with van der Waals surface area (Å²) in [5.41, 5.74) is -0.699. The summed E-state index contributed by atoms with van der Waals surface area (Å²) < 4.78 is 0. The Bertz CT molecular complexity index is 563. The van der Waals surface area contributed by atoms with E-state index in [1.54, 1.807) is 0 Å². The molecule has 2 N–H and O–H groups in total. The lowest BCUT2D eigenvalue weighted by atomic mass is 9.86. The lowest BCUT2D eigenvalue weighted by molar-refractivity contribution is -0.384. The predicted molar refractivity (Wildman–Crippen MR) is 80.1 cm³/mol. The molecule has 1 aliphatic carbocycles. The van der Waals surface area contributed by atoms with Crippen molar-refractivity contribution in [3.8, 4) is 0 Å². The summed E-state index contributed by atoms with van der Waals surface area (Å²) in [6.45, 7) is 0.194. The number of halogens is 2. The number of carbonyl (C=O) groups is 1. The van der Waals surface area contributed by atoms with Crippen molar-refractivity contribution in [3.05, 3.63) is 32.3 Å². The molecule has 0 radical (unpaired) electrons. The van der Waals surface area contributed by atoms with Crippen molar-refractivity contribution in [2.45, 2.75) is 25.7 Å². The maximum absolute atomic E-state index is 11.5. The Balaban J connectivity index is 2.20. The van der Waals surface area contributed by atoms with Crippen LogP contribution in [0.2, 0.25) is 10.0 Å². The zero-order chi connectivity index (χ0) is 15.6. The van der Waals surface area contributed by atoms with Crippen molar-refractivity contribution in [1.29, 1.82) is 0 Å². The summed E-state index contributed by atoms with van der Waals surface area (Å²) in [5.74, 6) is -0.846. The van der Waals surface area contributed by atoms with Crippen LogP contribution >= 0.6 is 23.2 Å². The second kappa shape index (κ2) is 6.07. The molecule has 6 nitrogen and oxygen atoms in total. The van der Waals surface area contributed by atoms with E-state index >= 15 is 0 Å². The molecule has 0 aromatic heterocycles. The van der Waals surface area contributed by atoms with E-state index in [-0.39, 0.29) is 22.3 Å². The molecule has 2 rings (SSSR count). The Kier molecular flexibility index (Phi) is 4.58. The van der Waals surface area contributed by atoms with Crippen molar-refractivity contribution < 1.29 is 14.8 Å². The molecule has 0 unspecified atom stereocenters. The van der Waals surface area contributed by atoms with Gasteiger partial charge in [-0.15, -0.1) is 0 Å². The monoisotopic (exact) mass is 332 g/mol. The van der Waals surface area contributed by atoms with Crippen molar-refractivity contribution in [1.82, 2.24) is 0 Å². The fraction of sp³-hybridized carbons (Fsp3) is 0.462. The third kappa shape index (κ3) is 3.22. The Labute approximate surface area is 131 Å². The Morgan fingerprint density at radius 3 is 2.29 bits per heavy atom. The maximum atomic E-state index is 11.5. The standard InChI is InChI=1S/C13H14Cl2N2O4/c14-9-5-8(17(20)21)6-10(15)11(9)16-7-13(12(18)19)3-1-2-4-13/h5-6,16H,1-4,7H2,(H,18,19). The van der Waals surface area contributed by atoms with Gasteiger partial charge in [-0.1, -0.05) is 36.0 Å². The SMILES string of the molecule is O=C(O)C1(CNc2c(Cl)cc([N+](=O)[O-])cc2Cl)CCCC1. The third-order valence-corrected chi connectivity index (χ3v) is 4.45. The zero-order valence-corrected chi connectivity index (χ0v) is 12.6. The van der Waals surface area contributed by atoms with Gasteiger partial charge < -0.3 is 10.4 Å². The molecule has 8 heteroatoms. The number of nitro benzene ring substituents is 1. The van der Waals surface area contributed by atoms with Gasteiger partial charge in [-0.2, -0.15) is 0 Å². The Hall–Kier alpha value is -1.53. The van der Waals surface area contributed by atoms with Crippen LogP contribution in [0.3, 0.4) is 0 Å². The van der Waals surface area contributed by atoms with E-state index in [1.807, 2.05) is 0 Å². The first-order valence-electron chi connectivity index (χ1n) is 6.46. The Morgan fingerprint density at radius 2 is 1.86 bits per heavy atom. The minimum atomic E-state index is -0.846. The van der Waals surface area contributed by atoms with E-state index in [0.717, 1.165) is 12.8 Å². The topological polar surface area (TPSA) is 92.5 Å². The number of hydrogen-bond acceptors (Lipinski definition) is 4. The molecular formula is C13H14Cl2N2O4. The van der Waals surface area contributed by atoms with Gasteiger partial charge in [0, 0.05) is 18.7 Å². The van der Waals surface area contributed by atoms with E-state index in [1.165, 1.54) is 12.1 Å². The lowest BCUT2D eigenvalue weighted by Gasteiger charge is -2.25. The highest BCUT2D eigenvalue weighted by atomic mass is 35.5. The highest BCUT2D eigenvalue weighted by Crippen LogP contribution is 2.40. The van der Waals surface area contributed by atoms with Gasteiger partial charge in [0.25, 0.3) is 5.69 Å². The molecule has 0 aliphatic heterocycles. The van der Waals surface area contributed by atoms with Gasteiger partial charge in [0.2, 0.25) is 0 Å². The summed E-state index contributed by atoms with van der Waals surface area (Å²) in [5, 5.41) is 23.3. The molecule has 1 aromatic carbocycles. The summed E-state index contributed by atoms with van der Waals surface area (Å²) >= 11 is 12.0. The van der Waals surface area contributed by atoms with Gasteiger partial charge in [0.15, 0.2) is 0 Å². The number of benzene rings is 1. The van der Waals surface area contributed by atoms with Crippen molar-refractivity contribution in [2.75, 3.05) is 11.9 Å². The van der Waals surface area contributed by atoms with Crippen molar-refractivity contribution in [2.24, 2.45) is 5.41 Å². The third-order valence-electron chi connectivity index (χ3n) is 3.86. The van der Waals surface area contributed by atoms with Crippen LogP contribution in [0.15, 0.2) is 12.1 Å². The van der Waals surface area contributed by atoms with E-state index < -0.39 is 16.3 Å². The van der Waals surface area contributed by atoms with Crippen LogP contribution in [-0.2, 0) is 4.79 Å². The molecule has 1 aromatic rings. The maximum Gasteiger partial charge on any atom is 0.311 e. The molecule has 0 atom stereocenters. The molecule has 1 saturated carbocycles. The number of nitro groups is 1. The van der Waals surface area contributed by atoms with Gasteiger partial charge in [-0.05, 0) is 12.8 Å². The number of aliphatic carboxylic acids is 1. The molecule has 0 heterocycles. The fourth-order valence-electron chi connectivity index (χ4n) is 2.61. The van der Waals surface area contributed by atoms with Gasteiger partial charge in [0.1, 0.15) is 0 Å². The zero-order valence-electron chi connectivity index (χ0n) is 11.1. The van der Waals surface area contributed by atoms with Crippen LogP contribution in [0.5, 0.6) is 0 Å². The van der Waals surface area contributed by atoms with Gasteiger partial charge >= 0.3 is 5.97 Å². The van der Waals surface area contributed by atoms with Crippen LogP contribution in [-0.4, -0.2) is 22.5 Å². The second-order valence-electron chi connectivity index (χ2n) is 5.19. The van der Waals surface area contributed by atoms with Crippen LogP contribution in [0.1, 0.15) is 25.7 Å². The Morgan fingerprint density at radius 1 is 1.33 bits per heavy atom. The van der Waals surface area contributed by atoms with E-state index in [0.29, 0.717) is 18.5 Å². The summed E-state index contributed by atoms with van der Waals surface area (Å²) in [6, 6.07) is 2.38. The van der Waals surface area contributed by atoms with Gasteiger partial charge in [0.05, 0.1) is 26.1 Å². The molecule has 0 bridgehead atoms. The number of hydrogen-bond donors (Lipinski definition) is 2. The number of rotatable bonds is 5. The quantitative estimate of drug-likeness (QED) is 0.628. The average molecular weight is 333 g/mol. The average Bonchev–Trinajstić information content (AvgIpc) is 2.87. The minimum absolute atomic E-state index is 0.104. The predicted octanol–water partition coefficient (Wildman–Crippen LogP) is 3.96. The molecule has 114 valence electrons. The minimum Gasteiger partial charge on any atom is -0.481 e. The molecule has 1 fully saturated rings. The van der Waals surface area contributed by atoms with Crippen LogP contribution in [0.25, 0.3) is 0 Å². The first-order chi connectivity index (χ1) is 9.85. The van der Waals surface area contributed by atoms with Gasteiger partial charge in [-0.25, -0.2) is 0 Å². The van der Waals surface area contributed by atoms with E-state index in [9.17, 15) is 20.0 Å². The molecule has 0 spiro atoms. The van der Waals surface area contributed by atoms with Gasteiger partial charge in [-0.3, -0.25) is 14.9 Å². The number of non-ortho nitro benzene ring substituents is 1. The number of nitrogens with one attached hydrogen (secondary N) is 1. The van der Waals surface area contributed by atoms with Crippen LogP contribution in [0.4, 0.5) is 11.4 Å². The molecule has 0 amide bonds. The highest BCUT2D eigenvalue weighted by molar-refractivity contribution is 6.39. The fourth-order valence-corrected chi connectivity index (χ4v) is 3.22. The summed E-state index contributed by atoms with van der Waals surface area (Å²) in [4.78, 5) is 21.6. The highest BCUT2D eigenvalue weighted by Gasteiger charge is 2.41. The smallest absolute Gasteiger partial charge is 0.311 e. The second-order valence-corrected chi connectivity index (χ2v) is 6.00. The number of nitrogens with zero attached hydrogens (tertiary/aromatic N) is 1. The van der Waals surface area contributed by atoms with Crippen LogP contribution < -0.4 is 5.32 Å². The normalized spacial score (nSPS) is 16.7. The number of carboxylic acid groups (broad SMARTS) is 1. The first kappa shape index (κ1) is 15.9. The molecular weight excluding hydrogens is 319 g/mol. The first-order valence-corrected chi connectivity index (χ1v) is 7.22. The molecule has 21 heavy (non-hydrogen) atoms.